The first-order valence-electron chi connectivity index (χ1n) is 8.48. The van der Waals surface area contributed by atoms with Crippen LogP contribution in [-0.2, 0) is 9.53 Å². The van der Waals surface area contributed by atoms with Gasteiger partial charge in [-0.1, -0.05) is 18.2 Å². The maximum absolute atomic E-state index is 12.0. The molecule has 5 heteroatoms. The van der Waals surface area contributed by atoms with Crippen molar-refractivity contribution in [2.75, 3.05) is 36.6 Å². The molecule has 1 amide bonds. The zero-order valence-corrected chi connectivity index (χ0v) is 14.7. The number of morpholine rings is 1. The summed E-state index contributed by atoms with van der Waals surface area (Å²) in [4.78, 5) is 14.3. The largest absolute Gasteiger partial charge is 0.484 e. The van der Waals surface area contributed by atoms with E-state index in [1.807, 2.05) is 54.6 Å². The van der Waals surface area contributed by atoms with Gasteiger partial charge in [0.1, 0.15) is 5.75 Å². The molecule has 2 aromatic rings. The van der Waals surface area contributed by atoms with Gasteiger partial charge in [-0.05, 0) is 50.2 Å². The van der Waals surface area contributed by atoms with Crippen LogP contribution in [0.3, 0.4) is 0 Å². The zero-order chi connectivity index (χ0) is 17.7. The van der Waals surface area contributed by atoms with Crippen molar-refractivity contribution in [3.63, 3.8) is 0 Å². The van der Waals surface area contributed by atoms with Gasteiger partial charge in [0.15, 0.2) is 6.61 Å². The Balaban J connectivity index is 1.56. The summed E-state index contributed by atoms with van der Waals surface area (Å²) in [5.41, 5.74) is 1.86. The standard InChI is InChI=1S/C20H24N2O3/c1-20(2)15-24-13-12-22(20)17-10-8-16(9-11-17)21-19(23)14-25-18-6-4-3-5-7-18/h3-11H,12-15H2,1-2H3,(H,21,23). The van der Waals surface area contributed by atoms with Gasteiger partial charge in [0.2, 0.25) is 0 Å². The molecule has 1 aliphatic rings. The van der Waals surface area contributed by atoms with Crippen LogP contribution in [0.2, 0.25) is 0 Å². The molecule has 25 heavy (non-hydrogen) atoms. The van der Waals surface area contributed by atoms with Gasteiger partial charge in [0.05, 0.1) is 18.8 Å². The molecule has 0 radical (unpaired) electrons. The SMILES string of the molecule is CC1(C)COCCN1c1ccc(NC(=O)COc2ccccc2)cc1. The molecule has 0 bridgehead atoms. The minimum absolute atomic E-state index is 0.0116. The highest BCUT2D eigenvalue weighted by Gasteiger charge is 2.30. The zero-order valence-electron chi connectivity index (χ0n) is 14.7. The number of hydrogen-bond acceptors (Lipinski definition) is 4. The lowest BCUT2D eigenvalue weighted by atomic mass is 10.0. The van der Waals surface area contributed by atoms with Crippen LogP contribution in [0.15, 0.2) is 54.6 Å². The van der Waals surface area contributed by atoms with Crippen LogP contribution in [0.1, 0.15) is 13.8 Å². The molecule has 0 atom stereocenters. The van der Waals surface area contributed by atoms with Crippen molar-refractivity contribution in [1.82, 2.24) is 0 Å². The molecule has 1 heterocycles. The summed E-state index contributed by atoms with van der Waals surface area (Å²) in [5.74, 6) is 0.505. The number of carbonyl (C=O) groups is 1. The summed E-state index contributed by atoms with van der Waals surface area (Å²) in [5, 5.41) is 2.86. The molecule has 132 valence electrons. The maximum Gasteiger partial charge on any atom is 0.262 e. The van der Waals surface area contributed by atoms with E-state index in [4.69, 9.17) is 9.47 Å². The van der Waals surface area contributed by atoms with E-state index in [1.165, 1.54) is 0 Å². The topological polar surface area (TPSA) is 50.8 Å². The number of benzene rings is 2. The van der Waals surface area contributed by atoms with E-state index in [-0.39, 0.29) is 18.1 Å². The van der Waals surface area contributed by atoms with Crippen molar-refractivity contribution in [2.24, 2.45) is 0 Å². The second kappa shape index (κ2) is 7.57. The third-order valence-electron chi connectivity index (χ3n) is 4.22. The summed E-state index contributed by atoms with van der Waals surface area (Å²) in [6.07, 6.45) is 0. The number of carbonyl (C=O) groups excluding carboxylic acids is 1. The number of rotatable bonds is 5. The monoisotopic (exact) mass is 340 g/mol. The van der Waals surface area contributed by atoms with Gasteiger partial charge in [-0.3, -0.25) is 4.79 Å². The maximum atomic E-state index is 12.0. The first-order chi connectivity index (χ1) is 12.0. The molecular weight excluding hydrogens is 316 g/mol. The Bertz CT molecular complexity index is 699. The first kappa shape index (κ1) is 17.3. The van der Waals surface area contributed by atoms with Crippen molar-refractivity contribution in [1.29, 1.82) is 0 Å². The molecule has 0 unspecified atom stereocenters. The highest BCUT2D eigenvalue weighted by Crippen LogP contribution is 2.27. The normalized spacial score (nSPS) is 16.3. The second-order valence-corrected chi connectivity index (χ2v) is 6.71. The molecule has 1 N–H and O–H groups in total. The van der Waals surface area contributed by atoms with Crippen LogP contribution < -0.4 is 15.0 Å². The smallest absolute Gasteiger partial charge is 0.262 e. The number of nitrogens with one attached hydrogen (secondary N) is 1. The Morgan fingerprint density at radius 1 is 1.16 bits per heavy atom. The third-order valence-corrected chi connectivity index (χ3v) is 4.22. The minimum Gasteiger partial charge on any atom is -0.484 e. The summed E-state index contributed by atoms with van der Waals surface area (Å²) < 4.78 is 11.0. The molecule has 1 saturated heterocycles. The Morgan fingerprint density at radius 3 is 2.56 bits per heavy atom. The molecule has 3 rings (SSSR count). The van der Waals surface area contributed by atoms with Crippen LogP contribution in [0.25, 0.3) is 0 Å². The van der Waals surface area contributed by atoms with Gasteiger partial charge >= 0.3 is 0 Å². The van der Waals surface area contributed by atoms with Gasteiger partial charge in [-0.25, -0.2) is 0 Å². The van der Waals surface area contributed by atoms with Crippen molar-refractivity contribution < 1.29 is 14.3 Å². The van der Waals surface area contributed by atoms with E-state index < -0.39 is 0 Å². The van der Waals surface area contributed by atoms with Gasteiger partial charge in [0.25, 0.3) is 5.91 Å². The van der Waals surface area contributed by atoms with Crippen LogP contribution in [0, 0.1) is 0 Å². The number of ether oxygens (including phenoxy) is 2. The van der Waals surface area contributed by atoms with Crippen LogP contribution in [0.4, 0.5) is 11.4 Å². The summed E-state index contributed by atoms with van der Waals surface area (Å²) in [7, 11) is 0. The fourth-order valence-corrected chi connectivity index (χ4v) is 2.92. The summed E-state index contributed by atoms with van der Waals surface area (Å²) in [6, 6.07) is 17.2. The van der Waals surface area contributed by atoms with E-state index in [1.54, 1.807) is 0 Å². The quantitative estimate of drug-likeness (QED) is 0.907. The summed E-state index contributed by atoms with van der Waals surface area (Å²) in [6.45, 7) is 6.64. The Labute approximate surface area is 148 Å². The molecular formula is C20H24N2O3. The Kier molecular flexibility index (Phi) is 5.24. The van der Waals surface area contributed by atoms with E-state index in [2.05, 4.69) is 24.1 Å². The van der Waals surface area contributed by atoms with Gasteiger partial charge in [-0.15, -0.1) is 0 Å². The molecule has 0 spiro atoms. The fraction of sp³-hybridized carbons (Fsp3) is 0.350. The van der Waals surface area contributed by atoms with Gasteiger partial charge in [-0.2, -0.15) is 0 Å². The van der Waals surface area contributed by atoms with Crippen LogP contribution >= 0.6 is 0 Å². The number of para-hydroxylation sites is 1. The highest BCUT2D eigenvalue weighted by atomic mass is 16.5. The predicted molar refractivity (Wildman–Crippen MR) is 99.3 cm³/mol. The molecule has 5 nitrogen and oxygen atoms in total. The highest BCUT2D eigenvalue weighted by molar-refractivity contribution is 5.92. The molecule has 1 aliphatic heterocycles. The third kappa shape index (κ3) is 4.51. The lowest BCUT2D eigenvalue weighted by Gasteiger charge is -2.43. The van der Waals surface area contributed by atoms with E-state index in [0.717, 1.165) is 24.5 Å². The first-order valence-corrected chi connectivity index (χ1v) is 8.48. The number of nitrogens with zero attached hydrogens (tertiary/aromatic N) is 1. The van der Waals surface area contributed by atoms with E-state index in [9.17, 15) is 4.79 Å². The molecule has 0 aromatic heterocycles. The van der Waals surface area contributed by atoms with Crippen LogP contribution in [0.5, 0.6) is 5.75 Å². The Hall–Kier alpha value is -2.53. The fourth-order valence-electron chi connectivity index (χ4n) is 2.92. The number of hydrogen-bond donors (Lipinski definition) is 1. The molecule has 1 fully saturated rings. The van der Waals surface area contributed by atoms with Crippen molar-refractivity contribution in [2.45, 2.75) is 19.4 Å². The molecule has 0 aliphatic carbocycles. The average Bonchev–Trinajstić information content (AvgIpc) is 2.61. The molecule has 2 aromatic carbocycles. The van der Waals surface area contributed by atoms with Gasteiger partial charge < -0.3 is 19.7 Å². The lowest BCUT2D eigenvalue weighted by Crippen LogP contribution is -2.53. The van der Waals surface area contributed by atoms with Gasteiger partial charge in [0, 0.05) is 17.9 Å². The van der Waals surface area contributed by atoms with Crippen molar-refractivity contribution in [3.05, 3.63) is 54.6 Å². The number of amides is 1. The van der Waals surface area contributed by atoms with Crippen molar-refractivity contribution >= 4 is 17.3 Å². The summed E-state index contributed by atoms with van der Waals surface area (Å²) >= 11 is 0. The van der Waals surface area contributed by atoms with Crippen LogP contribution in [-0.4, -0.2) is 37.8 Å². The predicted octanol–water partition coefficient (Wildman–Crippen LogP) is 3.32. The Morgan fingerprint density at radius 2 is 1.88 bits per heavy atom. The average molecular weight is 340 g/mol. The lowest BCUT2D eigenvalue weighted by molar-refractivity contribution is -0.118. The van der Waals surface area contributed by atoms with E-state index >= 15 is 0 Å². The number of anilines is 2. The minimum atomic E-state index is -0.177. The molecule has 0 saturated carbocycles. The second-order valence-electron chi connectivity index (χ2n) is 6.71. The van der Waals surface area contributed by atoms with Crippen molar-refractivity contribution in [3.8, 4) is 5.75 Å². The van der Waals surface area contributed by atoms with E-state index in [0.29, 0.717) is 12.4 Å².